The SMILES string of the molecule is CC(C)CCN=CC1C(=O)Nc2ccc(S(=O)(=O)N(CC(C)C)CC(O)C(Cc3ccccc3)NC(=O)OC3COC4OCCC34)cc21. The molecule has 2 aromatic rings. The third-order valence-corrected chi connectivity index (χ3v) is 10.7. The zero-order valence-corrected chi connectivity index (χ0v) is 28.9. The topological polar surface area (TPSA) is 156 Å². The molecule has 13 heteroatoms. The highest BCUT2D eigenvalue weighted by Crippen LogP contribution is 2.35. The van der Waals surface area contributed by atoms with E-state index in [1.54, 1.807) is 12.3 Å². The number of carbonyl (C=O) groups excluding carboxylic acids is 2. The molecule has 0 radical (unpaired) electrons. The average molecular weight is 685 g/mol. The number of ether oxygens (including phenoxy) is 3. The van der Waals surface area contributed by atoms with Gasteiger partial charge in [-0.15, -0.1) is 0 Å². The summed E-state index contributed by atoms with van der Waals surface area (Å²) in [6.45, 7) is 9.16. The van der Waals surface area contributed by atoms with Crippen LogP contribution < -0.4 is 10.6 Å². The first-order valence-electron chi connectivity index (χ1n) is 16.8. The molecule has 6 unspecified atom stereocenters. The first-order chi connectivity index (χ1) is 22.9. The molecule has 2 fully saturated rings. The number of nitrogens with zero attached hydrogens (tertiary/aromatic N) is 2. The highest BCUT2D eigenvalue weighted by molar-refractivity contribution is 7.89. The van der Waals surface area contributed by atoms with Gasteiger partial charge in [0.05, 0.1) is 36.2 Å². The number of aliphatic imine (C=N–C) groups is 1. The van der Waals surface area contributed by atoms with E-state index in [2.05, 4.69) is 29.5 Å². The van der Waals surface area contributed by atoms with E-state index in [9.17, 15) is 23.1 Å². The van der Waals surface area contributed by atoms with Crippen molar-refractivity contribution in [3.05, 3.63) is 59.7 Å². The summed E-state index contributed by atoms with van der Waals surface area (Å²) < 4.78 is 46.5. The number of alkyl carbamates (subject to hydrolysis) is 1. The fourth-order valence-corrected chi connectivity index (χ4v) is 7.93. The molecule has 3 heterocycles. The van der Waals surface area contributed by atoms with E-state index >= 15 is 0 Å². The van der Waals surface area contributed by atoms with Crippen molar-refractivity contribution < 1.29 is 37.3 Å². The third-order valence-electron chi connectivity index (χ3n) is 8.90. The second-order valence-electron chi connectivity index (χ2n) is 13.6. The predicted octanol–water partition coefficient (Wildman–Crippen LogP) is 3.95. The summed E-state index contributed by atoms with van der Waals surface area (Å²) in [6.07, 6.45) is 0.567. The molecular formula is C35H48N4O8S. The Morgan fingerprint density at radius 1 is 1.12 bits per heavy atom. The van der Waals surface area contributed by atoms with E-state index in [0.29, 0.717) is 30.3 Å². The zero-order valence-electron chi connectivity index (χ0n) is 28.1. The van der Waals surface area contributed by atoms with Gasteiger partial charge in [-0.05, 0) is 60.4 Å². The number of sulfonamides is 1. The van der Waals surface area contributed by atoms with Crippen molar-refractivity contribution in [2.24, 2.45) is 22.7 Å². The molecule has 2 aromatic carbocycles. The fraction of sp³-hybridized carbons (Fsp3) is 0.571. The molecule has 0 aromatic heterocycles. The molecule has 2 saturated heterocycles. The maximum atomic E-state index is 14.2. The van der Waals surface area contributed by atoms with Crippen LogP contribution in [-0.4, -0.2) is 93.4 Å². The molecule has 5 rings (SSSR count). The summed E-state index contributed by atoms with van der Waals surface area (Å²) in [7, 11) is -4.14. The van der Waals surface area contributed by atoms with Gasteiger partial charge in [0.25, 0.3) is 0 Å². The number of aliphatic hydroxyl groups excluding tert-OH is 1. The minimum Gasteiger partial charge on any atom is -0.443 e. The van der Waals surface area contributed by atoms with Gasteiger partial charge in [0.15, 0.2) is 6.29 Å². The standard InChI is InChI=1S/C35H48N4O8S/c1-22(2)12-14-36-18-28-27-17-25(10-11-29(27)37-33(28)41)48(43,44)39(19-23(3)4)20-31(40)30(16-24-8-6-5-7-9-24)38-35(42)47-32-21-46-34-26(32)13-15-45-34/h5-11,17-18,22-23,26,28,30-32,34,40H,12-16,19-21H2,1-4H3,(H,37,41)(H,38,42). The Bertz CT molecular complexity index is 1550. The number of nitrogens with one attached hydrogen (secondary N) is 2. The predicted molar refractivity (Wildman–Crippen MR) is 181 cm³/mol. The number of carbonyl (C=O) groups is 2. The van der Waals surface area contributed by atoms with Crippen molar-refractivity contribution in [2.75, 3.05) is 38.2 Å². The van der Waals surface area contributed by atoms with Gasteiger partial charge in [-0.1, -0.05) is 58.0 Å². The molecule has 0 aliphatic carbocycles. The van der Waals surface area contributed by atoms with Gasteiger partial charge in [-0.2, -0.15) is 4.31 Å². The van der Waals surface area contributed by atoms with E-state index in [0.717, 1.165) is 18.4 Å². The molecule has 3 N–H and O–H groups in total. The van der Waals surface area contributed by atoms with E-state index in [1.165, 1.54) is 16.4 Å². The minimum atomic E-state index is -4.14. The van der Waals surface area contributed by atoms with Gasteiger partial charge >= 0.3 is 6.09 Å². The molecule has 3 aliphatic heterocycles. The van der Waals surface area contributed by atoms with Gasteiger partial charge in [0.1, 0.15) is 12.0 Å². The largest absolute Gasteiger partial charge is 0.443 e. The number of anilines is 1. The molecule has 262 valence electrons. The number of rotatable bonds is 15. The van der Waals surface area contributed by atoms with Crippen LogP contribution in [0.15, 0.2) is 58.4 Å². The molecule has 48 heavy (non-hydrogen) atoms. The van der Waals surface area contributed by atoms with Crippen molar-refractivity contribution >= 4 is 33.9 Å². The number of hydrogen-bond donors (Lipinski definition) is 3. The summed E-state index contributed by atoms with van der Waals surface area (Å²) in [5.74, 6) is -0.614. The first-order valence-corrected chi connectivity index (χ1v) is 18.2. The summed E-state index contributed by atoms with van der Waals surface area (Å²) in [4.78, 5) is 30.4. The van der Waals surface area contributed by atoms with Crippen LogP contribution in [0.25, 0.3) is 0 Å². The summed E-state index contributed by atoms with van der Waals surface area (Å²) in [5.41, 5.74) is 1.94. The fourth-order valence-electron chi connectivity index (χ4n) is 6.27. The van der Waals surface area contributed by atoms with Gasteiger partial charge in [0.2, 0.25) is 15.9 Å². The van der Waals surface area contributed by atoms with Crippen LogP contribution in [0.3, 0.4) is 0 Å². The number of hydrogen-bond acceptors (Lipinski definition) is 9. The van der Waals surface area contributed by atoms with E-state index in [-0.39, 0.29) is 55.0 Å². The molecule has 6 atom stereocenters. The molecule has 0 spiro atoms. The monoisotopic (exact) mass is 684 g/mol. The van der Waals surface area contributed by atoms with Crippen molar-refractivity contribution in [3.63, 3.8) is 0 Å². The minimum absolute atomic E-state index is 0.00716. The smallest absolute Gasteiger partial charge is 0.407 e. The summed E-state index contributed by atoms with van der Waals surface area (Å²) in [6, 6.07) is 13.1. The summed E-state index contributed by atoms with van der Waals surface area (Å²) >= 11 is 0. The Hall–Kier alpha value is -3.36. The lowest BCUT2D eigenvalue weighted by atomic mass is 10.0. The van der Waals surface area contributed by atoms with Crippen molar-refractivity contribution in [3.8, 4) is 0 Å². The van der Waals surface area contributed by atoms with Gasteiger partial charge in [-0.3, -0.25) is 9.79 Å². The number of amides is 2. The highest BCUT2D eigenvalue weighted by atomic mass is 32.2. The zero-order chi connectivity index (χ0) is 34.4. The summed E-state index contributed by atoms with van der Waals surface area (Å²) in [5, 5.41) is 17.2. The molecule has 0 bridgehead atoms. The molecule has 0 saturated carbocycles. The second-order valence-corrected chi connectivity index (χ2v) is 15.6. The van der Waals surface area contributed by atoms with Crippen molar-refractivity contribution in [1.29, 1.82) is 0 Å². The van der Waals surface area contributed by atoms with Crippen LogP contribution in [0.1, 0.15) is 57.6 Å². The Kier molecular flexibility index (Phi) is 11.9. The Morgan fingerprint density at radius 2 is 1.90 bits per heavy atom. The van der Waals surface area contributed by atoms with Crippen LogP contribution in [-0.2, 0) is 35.4 Å². The Labute approximate surface area is 283 Å². The molecule has 12 nitrogen and oxygen atoms in total. The van der Waals surface area contributed by atoms with Gasteiger partial charge in [-0.25, -0.2) is 13.2 Å². The van der Waals surface area contributed by atoms with Crippen LogP contribution in [0, 0.1) is 17.8 Å². The highest BCUT2D eigenvalue weighted by Gasteiger charge is 2.44. The normalized spacial score (nSPS) is 23.5. The second kappa shape index (κ2) is 15.9. The van der Waals surface area contributed by atoms with E-state index in [4.69, 9.17) is 14.2 Å². The molecule has 2 amide bonds. The lowest BCUT2D eigenvalue weighted by molar-refractivity contribution is -0.115. The molecular weight excluding hydrogens is 636 g/mol. The van der Waals surface area contributed by atoms with Crippen LogP contribution in [0.4, 0.5) is 10.5 Å². The maximum Gasteiger partial charge on any atom is 0.407 e. The van der Waals surface area contributed by atoms with Crippen LogP contribution >= 0.6 is 0 Å². The van der Waals surface area contributed by atoms with Gasteiger partial charge < -0.3 is 30.0 Å². The van der Waals surface area contributed by atoms with E-state index < -0.39 is 40.3 Å². The first kappa shape index (κ1) is 35.9. The molecule has 3 aliphatic rings. The Morgan fingerprint density at radius 3 is 2.62 bits per heavy atom. The number of aliphatic hydroxyl groups is 1. The van der Waals surface area contributed by atoms with Crippen LogP contribution in [0.2, 0.25) is 0 Å². The quantitative estimate of drug-likeness (QED) is 0.238. The van der Waals surface area contributed by atoms with E-state index in [1.807, 2.05) is 44.2 Å². The lowest BCUT2D eigenvalue weighted by Gasteiger charge is -2.31. The number of benzene rings is 2. The Balaban J connectivity index is 1.35. The van der Waals surface area contributed by atoms with Crippen molar-refractivity contribution in [2.45, 2.75) is 82.3 Å². The third kappa shape index (κ3) is 8.80. The lowest BCUT2D eigenvalue weighted by Crippen LogP contribution is -2.51. The van der Waals surface area contributed by atoms with Crippen LogP contribution in [0.5, 0.6) is 0 Å². The average Bonchev–Trinajstić information content (AvgIpc) is 3.74. The number of fused-ring (bicyclic) bond motifs is 2. The van der Waals surface area contributed by atoms with Crippen molar-refractivity contribution in [1.82, 2.24) is 9.62 Å². The van der Waals surface area contributed by atoms with Gasteiger partial charge in [0, 0.05) is 31.5 Å². The maximum absolute atomic E-state index is 14.2.